The van der Waals surface area contributed by atoms with Crippen molar-refractivity contribution in [3.8, 4) is 5.75 Å². The zero-order valence-corrected chi connectivity index (χ0v) is 12.9. The van der Waals surface area contributed by atoms with E-state index in [1.165, 1.54) is 7.11 Å². The van der Waals surface area contributed by atoms with Gasteiger partial charge in [0.25, 0.3) is 0 Å². The third-order valence-electron chi connectivity index (χ3n) is 2.95. The average Bonchev–Trinajstić information content (AvgIpc) is 2.46. The van der Waals surface area contributed by atoms with Gasteiger partial charge >= 0.3 is 5.97 Å². The molecule has 0 radical (unpaired) electrons. The molecular formula is C16H15BrO3. The Kier molecular flexibility index (Phi) is 4.79. The number of halogens is 1. The summed E-state index contributed by atoms with van der Waals surface area (Å²) in [6.45, 7) is 2.44. The molecule has 2 rings (SSSR count). The van der Waals surface area contributed by atoms with Crippen LogP contribution >= 0.6 is 15.9 Å². The number of carbonyl (C=O) groups excluding carboxylic acids is 1. The topological polar surface area (TPSA) is 35.5 Å². The van der Waals surface area contributed by atoms with Crippen LogP contribution in [0, 0.1) is 6.92 Å². The minimum atomic E-state index is -0.350. The van der Waals surface area contributed by atoms with Crippen LogP contribution in [-0.2, 0) is 11.3 Å². The van der Waals surface area contributed by atoms with E-state index in [-0.39, 0.29) is 5.97 Å². The van der Waals surface area contributed by atoms with Gasteiger partial charge in [-0.3, -0.25) is 0 Å². The number of esters is 1. The fraction of sp³-hybridized carbons (Fsp3) is 0.188. The Hall–Kier alpha value is -1.81. The second kappa shape index (κ2) is 6.57. The molecule has 2 aromatic rings. The highest BCUT2D eigenvalue weighted by Gasteiger charge is 2.09. The Bertz CT molecular complexity index is 623. The maximum Gasteiger partial charge on any atom is 0.337 e. The van der Waals surface area contributed by atoms with Gasteiger partial charge in [0.2, 0.25) is 0 Å². The normalized spacial score (nSPS) is 10.2. The van der Waals surface area contributed by atoms with Crippen LogP contribution in [0.15, 0.2) is 46.9 Å². The van der Waals surface area contributed by atoms with Crippen LogP contribution in [0.3, 0.4) is 0 Å². The predicted molar refractivity (Wildman–Crippen MR) is 81.0 cm³/mol. The average molecular weight is 335 g/mol. The minimum absolute atomic E-state index is 0.350. The lowest BCUT2D eigenvalue weighted by Gasteiger charge is -2.10. The number of hydrogen-bond acceptors (Lipinski definition) is 3. The smallest absolute Gasteiger partial charge is 0.337 e. The highest BCUT2D eigenvalue weighted by atomic mass is 79.9. The van der Waals surface area contributed by atoms with Gasteiger partial charge in [-0.2, -0.15) is 0 Å². The molecule has 0 heterocycles. The number of rotatable bonds is 4. The van der Waals surface area contributed by atoms with E-state index in [0.717, 1.165) is 21.3 Å². The molecule has 4 heteroatoms. The fourth-order valence-corrected chi connectivity index (χ4v) is 2.28. The highest BCUT2D eigenvalue weighted by Crippen LogP contribution is 2.23. The van der Waals surface area contributed by atoms with Crippen molar-refractivity contribution >= 4 is 21.9 Å². The lowest BCUT2D eigenvalue weighted by Crippen LogP contribution is -2.03. The molecule has 104 valence electrons. The van der Waals surface area contributed by atoms with Crippen molar-refractivity contribution < 1.29 is 14.3 Å². The summed E-state index contributed by atoms with van der Waals surface area (Å²) in [6, 6.07) is 13.2. The molecule has 0 aromatic heterocycles. The number of carbonyl (C=O) groups is 1. The SMILES string of the molecule is COC(=O)c1ccc(COc2ccccc2C)c(Br)c1. The predicted octanol–water partition coefficient (Wildman–Crippen LogP) is 4.12. The Labute approximate surface area is 126 Å². The molecule has 0 aliphatic carbocycles. The summed E-state index contributed by atoms with van der Waals surface area (Å²) in [5, 5.41) is 0. The molecular weight excluding hydrogens is 320 g/mol. The standard InChI is InChI=1S/C16H15BrO3/c1-11-5-3-4-6-15(11)20-10-13-8-7-12(9-14(13)17)16(18)19-2/h3-9H,10H2,1-2H3. The molecule has 0 N–H and O–H groups in total. The van der Waals surface area contributed by atoms with E-state index < -0.39 is 0 Å². The van der Waals surface area contributed by atoms with Crippen LogP contribution in [-0.4, -0.2) is 13.1 Å². The largest absolute Gasteiger partial charge is 0.489 e. The Morgan fingerprint density at radius 3 is 2.60 bits per heavy atom. The molecule has 0 aliphatic rings. The van der Waals surface area contributed by atoms with Crippen LogP contribution < -0.4 is 4.74 Å². The number of methoxy groups -OCH3 is 1. The highest BCUT2D eigenvalue weighted by molar-refractivity contribution is 9.10. The van der Waals surface area contributed by atoms with Gasteiger partial charge in [0.05, 0.1) is 12.7 Å². The first-order valence-corrected chi connectivity index (χ1v) is 6.96. The van der Waals surface area contributed by atoms with E-state index in [0.29, 0.717) is 12.2 Å². The third-order valence-corrected chi connectivity index (χ3v) is 3.69. The van der Waals surface area contributed by atoms with Gasteiger partial charge in [-0.25, -0.2) is 4.79 Å². The number of hydrogen-bond donors (Lipinski definition) is 0. The Balaban J connectivity index is 2.11. The van der Waals surface area contributed by atoms with Crippen LogP contribution in [0.1, 0.15) is 21.5 Å². The fourth-order valence-electron chi connectivity index (χ4n) is 1.78. The molecule has 0 saturated heterocycles. The quantitative estimate of drug-likeness (QED) is 0.789. The van der Waals surface area contributed by atoms with Crippen molar-refractivity contribution in [1.82, 2.24) is 0 Å². The van der Waals surface area contributed by atoms with Crippen molar-refractivity contribution in [2.24, 2.45) is 0 Å². The zero-order valence-electron chi connectivity index (χ0n) is 11.4. The second-order valence-corrected chi connectivity index (χ2v) is 5.21. The summed E-state index contributed by atoms with van der Waals surface area (Å²) >= 11 is 3.45. The van der Waals surface area contributed by atoms with Crippen molar-refractivity contribution in [1.29, 1.82) is 0 Å². The molecule has 0 bridgehead atoms. The van der Waals surface area contributed by atoms with Crippen LogP contribution in [0.5, 0.6) is 5.75 Å². The van der Waals surface area contributed by atoms with Gasteiger partial charge in [-0.15, -0.1) is 0 Å². The molecule has 0 fully saturated rings. The minimum Gasteiger partial charge on any atom is -0.489 e. The molecule has 3 nitrogen and oxygen atoms in total. The van der Waals surface area contributed by atoms with Gasteiger partial charge in [-0.05, 0) is 30.7 Å². The number of aryl methyl sites for hydroxylation is 1. The van der Waals surface area contributed by atoms with Crippen molar-refractivity contribution in [3.05, 3.63) is 63.6 Å². The van der Waals surface area contributed by atoms with Gasteiger partial charge in [-0.1, -0.05) is 40.2 Å². The summed E-state index contributed by atoms with van der Waals surface area (Å²) in [4.78, 5) is 11.4. The Morgan fingerprint density at radius 2 is 1.95 bits per heavy atom. The summed E-state index contributed by atoms with van der Waals surface area (Å²) in [5.74, 6) is 0.508. The molecule has 0 amide bonds. The first-order valence-electron chi connectivity index (χ1n) is 6.17. The summed E-state index contributed by atoms with van der Waals surface area (Å²) < 4.78 is 11.3. The molecule has 0 saturated carbocycles. The molecule has 0 unspecified atom stereocenters. The van der Waals surface area contributed by atoms with E-state index in [1.807, 2.05) is 37.3 Å². The molecule has 0 atom stereocenters. The lowest BCUT2D eigenvalue weighted by atomic mass is 10.1. The van der Waals surface area contributed by atoms with E-state index in [2.05, 4.69) is 20.7 Å². The van der Waals surface area contributed by atoms with Crippen molar-refractivity contribution in [3.63, 3.8) is 0 Å². The maximum atomic E-state index is 11.4. The van der Waals surface area contributed by atoms with Gasteiger partial charge < -0.3 is 9.47 Å². The van der Waals surface area contributed by atoms with Crippen molar-refractivity contribution in [2.45, 2.75) is 13.5 Å². The van der Waals surface area contributed by atoms with Gasteiger partial charge in [0.1, 0.15) is 12.4 Å². The Morgan fingerprint density at radius 1 is 1.20 bits per heavy atom. The number of benzene rings is 2. The van der Waals surface area contributed by atoms with Crippen LogP contribution in [0.25, 0.3) is 0 Å². The molecule has 20 heavy (non-hydrogen) atoms. The van der Waals surface area contributed by atoms with E-state index in [9.17, 15) is 4.79 Å². The van der Waals surface area contributed by atoms with E-state index in [1.54, 1.807) is 12.1 Å². The maximum absolute atomic E-state index is 11.4. The number of ether oxygens (including phenoxy) is 2. The lowest BCUT2D eigenvalue weighted by molar-refractivity contribution is 0.0600. The molecule has 2 aromatic carbocycles. The first kappa shape index (κ1) is 14.6. The van der Waals surface area contributed by atoms with Gasteiger partial charge in [0.15, 0.2) is 0 Å². The summed E-state index contributed by atoms with van der Waals surface area (Å²) in [7, 11) is 1.37. The van der Waals surface area contributed by atoms with E-state index in [4.69, 9.17) is 4.74 Å². The van der Waals surface area contributed by atoms with Crippen molar-refractivity contribution in [2.75, 3.05) is 7.11 Å². The monoisotopic (exact) mass is 334 g/mol. The second-order valence-electron chi connectivity index (χ2n) is 4.35. The summed E-state index contributed by atoms with van der Waals surface area (Å²) in [6.07, 6.45) is 0. The molecule has 0 spiro atoms. The zero-order chi connectivity index (χ0) is 14.5. The first-order chi connectivity index (χ1) is 9.61. The number of para-hydroxylation sites is 1. The summed E-state index contributed by atoms with van der Waals surface area (Å²) in [5.41, 5.74) is 2.58. The van der Waals surface area contributed by atoms with Crippen LogP contribution in [0.4, 0.5) is 0 Å². The van der Waals surface area contributed by atoms with Gasteiger partial charge in [0, 0.05) is 10.0 Å². The third kappa shape index (κ3) is 3.39. The van der Waals surface area contributed by atoms with Crippen LogP contribution in [0.2, 0.25) is 0 Å². The molecule has 0 aliphatic heterocycles. The van der Waals surface area contributed by atoms with E-state index >= 15 is 0 Å².